The number of rotatable bonds is 10. The molecule has 0 saturated carbocycles. The molecule has 42 heavy (non-hydrogen) atoms. The van der Waals surface area contributed by atoms with Crippen molar-refractivity contribution in [3.05, 3.63) is 74.7 Å². The number of amides is 2. The number of aromatic hydroxyl groups is 1. The van der Waals surface area contributed by atoms with Crippen LogP contribution in [0.5, 0.6) is 5.75 Å². The summed E-state index contributed by atoms with van der Waals surface area (Å²) in [5.74, 6) is -0.385. The Balaban J connectivity index is 1.27. The number of benzene rings is 3. The molecule has 1 aliphatic heterocycles. The largest absolute Gasteiger partial charge is 0.505 e. The summed E-state index contributed by atoms with van der Waals surface area (Å²) in [6.07, 6.45) is 5.09. The first-order valence-electron chi connectivity index (χ1n) is 13.8. The fourth-order valence-corrected chi connectivity index (χ4v) is 5.83. The van der Waals surface area contributed by atoms with E-state index >= 15 is 0 Å². The monoisotopic (exact) mass is 626 g/mol. The van der Waals surface area contributed by atoms with Gasteiger partial charge >= 0.3 is 0 Å². The SMILES string of the molecule is CCCCCc1cc(CCCC(=O)NC2=NN(c3c(Cl)cc(Cl)cc3Cl)C(=O)C2)c(O)c(-n2nc3ccccc3n2)c1. The second kappa shape index (κ2) is 13.1. The van der Waals surface area contributed by atoms with E-state index in [0.717, 1.165) is 52.9 Å². The molecule has 218 valence electrons. The number of hydrogen-bond acceptors (Lipinski definition) is 6. The van der Waals surface area contributed by atoms with Gasteiger partial charge in [-0.1, -0.05) is 72.8 Å². The molecule has 4 aromatic rings. The van der Waals surface area contributed by atoms with Crippen molar-refractivity contribution in [3.63, 3.8) is 0 Å². The molecule has 2 amide bonds. The summed E-state index contributed by atoms with van der Waals surface area (Å²) in [5, 5.41) is 29.0. The number of aromatic nitrogens is 3. The average molecular weight is 628 g/mol. The van der Waals surface area contributed by atoms with Crippen LogP contribution in [0.25, 0.3) is 16.7 Å². The predicted octanol–water partition coefficient (Wildman–Crippen LogP) is 7.01. The van der Waals surface area contributed by atoms with Gasteiger partial charge in [0, 0.05) is 11.4 Å². The molecule has 0 unspecified atom stereocenters. The molecule has 1 aromatic heterocycles. The maximum Gasteiger partial charge on any atom is 0.255 e. The molecule has 0 aliphatic carbocycles. The molecular formula is C30H29Cl3N6O3. The number of amidine groups is 1. The zero-order chi connectivity index (χ0) is 29.8. The Bertz CT molecular complexity index is 1630. The Hall–Kier alpha value is -3.66. The van der Waals surface area contributed by atoms with E-state index in [2.05, 4.69) is 27.5 Å². The number of nitrogens with one attached hydrogen (secondary N) is 1. The fraction of sp³-hybridized carbons (Fsp3) is 0.300. The summed E-state index contributed by atoms with van der Waals surface area (Å²) in [4.78, 5) is 26.8. The van der Waals surface area contributed by atoms with Crippen molar-refractivity contribution >= 4 is 69.2 Å². The third-order valence-electron chi connectivity index (χ3n) is 6.90. The third kappa shape index (κ3) is 6.69. The molecule has 1 aliphatic rings. The number of anilines is 1. The van der Waals surface area contributed by atoms with Crippen LogP contribution in [0.4, 0.5) is 5.69 Å². The van der Waals surface area contributed by atoms with Crippen molar-refractivity contribution in [2.75, 3.05) is 5.01 Å². The molecule has 0 bridgehead atoms. The molecule has 0 spiro atoms. The number of hydrogen-bond donors (Lipinski definition) is 2. The highest BCUT2D eigenvalue weighted by atomic mass is 35.5. The molecule has 0 atom stereocenters. The normalized spacial score (nSPS) is 13.2. The quantitative estimate of drug-likeness (QED) is 0.184. The number of halogens is 3. The highest BCUT2D eigenvalue weighted by Crippen LogP contribution is 2.38. The van der Waals surface area contributed by atoms with Gasteiger partial charge in [0.15, 0.2) is 0 Å². The minimum atomic E-state index is -0.381. The molecule has 12 heteroatoms. The van der Waals surface area contributed by atoms with E-state index in [9.17, 15) is 14.7 Å². The van der Waals surface area contributed by atoms with Crippen molar-refractivity contribution in [2.45, 2.75) is 58.3 Å². The molecular weight excluding hydrogens is 599 g/mol. The summed E-state index contributed by atoms with van der Waals surface area (Å²) in [5.41, 5.74) is 3.99. The molecule has 0 fully saturated rings. The number of phenolic OH excluding ortho intramolecular Hbond substituents is 1. The lowest BCUT2D eigenvalue weighted by Gasteiger charge is -2.15. The van der Waals surface area contributed by atoms with Crippen molar-refractivity contribution in [1.82, 2.24) is 20.3 Å². The molecule has 9 nitrogen and oxygen atoms in total. The summed E-state index contributed by atoms with van der Waals surface area (Å²) in [6, 6.07) is 14.4. The Morgan fingerprint density at radius 3 is 2.33 bits per heavy atom. The lowest BCUT2D eigenvalue weighted by Crippen LogP contribution is -2.29. The van der Waals surface area contributed by atoms with Crippen LogP contribution < -0.4 is 10.3 Å². The van der Waals surface area contributed by atoms with Crippen molar-refractivity contribution < 1.29 is 14.7 Å². The smallest absolute Gasteiger partial charge is 0.255 e. The number of unbranched alkanes of at least 4 members (excludes halogenated alkanes) is 2. The minimum absolute atomic E-state index is 0.0908. The van der Waals surface area contributed by atoms with Crippen LogP contribution in [-0.2, 0) is 22.4 Å². The summed E-state index contributed by atoms with van der Waals surface area (Å²) >= 11 is 18.5. The highest BCUT2D eigenvalue weighted by molar-refractivity contribution is 6.42. The first-order valence-corrected chi connectivity index (χ1v) is 14.9. The van der Waals surface area contributed by atoms with E-state index in [1.165, 1.54) is 16.9 Å². The van der Waals surface area contributed by atoms with Gasteiger partial charge in [-0.25, -0.2) is 0 Å². The zero-order valence-corrected chi connectivity index (χ0v) is 25.2. The predicted molar refractivity (Wildman–Crippen MR) is 166 cm³/mol. The second-order valence-corrected chi connectivity index (χ2v) is 11.4. The highest BCUT2D eigenvalue weighted by Gasteiger charge is 2.29. The van der Waals surface area contributed by atoms with Gasteiger partial charge in [0.1, 0.15) is 34.0 Å². The van der Waals surface area contributed by atoms with Crippen LogP contribution in [0.15, 0.2) is 53.6 Å². The lowest BCUT2D eigenvalue weighted by molar-refractivity contribution is -0.119. The molecule has 5 rings (SSSR count). The van der Waals surface area contributed by atoms with Gasteiger partial charge in [-0.05, 0) is 67.1 Å². The van der Waals surface area contributed by atoms with Crippen LogP contribution >= 0.6 is 34.8 Å². The number of hydrazone groups is 1. The number of fused-ring (bicyclic) bond motifs is 1. The maximum absolute atomic E-state index is 12.8. The van der Waals surface area contributed by atoms with Gasteiger partial charge in [-0.2, -0.15) is 10.1 Å². The average Bonchev–Trinajstić information content (AvgIpc) is 3.52. The van der Waals surface area contributed by atoms with E-state index in [1.54, 1.807) is 0 Å². The first kappa shape index (κ1) is 29.8. The lowest BCUT2D eigenvalue weighted by atomic mass is 9.99. The van der Waals surface area contributed by atoms with Crippen LogP contribution in [-0.4, -0.2) is 37.8 Å². The van der Waals surface area contributed by atoms with Crippen LogP contribution in [0.3, 0.4) is 0 Å². The fourth-order valence-electron chi connectivity index (χ4n) is 4.85. The molecule has 0 saturated heterocycles. The van der Waals surface area contributed by atoms with Crippen molar-refractivity contribution in [1.29, 1.82) is 0 Å². The van der Waals surface area contributed by atoms with Gasteiger partial charge in [-0.3, -0.25) is 9.59 Å². The van der Waals surface area contributed by atoms with Gasteiger partial charge in [0.2, 0.25) is 5.91 Å². The topological polar surface area (TPSA) is 113 Å². The molecule has 2 N–H and O–H groups in total. The van der Waals surface area contributed by atoms with Gasteiger partial charge in [0.25, 0.3) is 5.91 Å². The Morgan fingerprint density at radius 2 is 1.67 bits per heavy atom. The van der Waals surface area contributed by atoms with E-state index in [0.29, 0.717) is 23.6 Å². The molecule has 0 radical (unpaired) electrons. The van der Waals surface area contributed by atoms with Crippen molar-refractivity contribution in [3.8, 4) is 11.4 Å². The van der Waals surface area contributed by atoms with E-state index in [4.69, 9.17) is 34.8 Å². The second-order valence-electron chi connectivity index (χ2n) is 10.1. The van der Waals surface area contributed by atoms with Crippen molar-refractivity contribution in [2.24, 2.45) is 5.10 Å². The summed E-state index contributed by atoms with van der Waals surface area (Å²) < 4.78 is 0. The van der Waals surface area contributed by atoms with Crippen LogP contribution in [0.2, 0.25) is 15.1 Å². The van der Waals surface area contributed by atoms with E-state index in [-0.39, 0.29) is 52.0 Å². The minimum Gasteiger partial charge on any atom is -0.505 e. The van der Waals surface area contributed by atoms with Crippen LogP contribution in [0.1, 0.15) is 56.6 Å². The number of aryl methyl sites for hydroxylation is 2. The number of carbonyl (C=O) groups is 2. The Labute approximate surface area is 258 Å². The van der Waals surface area contributed by atoms with E-state index in [1.807, 2.05) is 36.4 Å². The number of nitrogens with zero attached hydrogens (tertiary/aromatic N) is 5. The standard InChI is InChI=1S/C30H29Cl3N6O3/c1-2-3-4-8-18-13-19(30(42)25(14-18)39-35-23-10-5-6-11-24(23)36-39)9-7-12-27(40)34-26-17-28(41)38(37-26)29-21(32)15-20(31)16-22(29)33/h5-6,10-11,13-16,42H,2-4,7-9,12,17H2,1H3,(H,34,37,40). The maximum atomic E-state index is 12.8. The third-order valence-corrected chi connectivity index (χ3v) is 7.70. The molecule has 2 heterocycles. The first-order chi connectivity index (χ1) is 20.2. The van der Waals surface area contributed by atoms with Gasteiger partial charge in [-0.15, -0.1) is 15.0 Å². The summed E-state index contributed by atoms with van der Waals surface area (Å²) in [7, 11) is 0. The Kier molecular flexibility index (Phi) is 9.30. The van der Waals surface area contributed by atoms with Crippen LogP contribution in [0, 0.1) is 0 Å². The number of carbonyl (C=O) groups excluding carboxylic acids is 2. The molecule has 3 aromatic carbocycles. The Morgan fingerprint density at radius 1 is 0.976 bits per heavy atom. The zero-order valence-electron chi connectivity index (χ0n) is 22.9. The number of phenols is 1. The van der Waals surface area contributed by atoms with E-state index < -0.39 is 0 Å². The van der Waals surface area contributed by atoms with Gasteiger partial charge < -0.3 is 10.4 Å². The van der Waals surface area contributed by atoms with Gasteiger partial charge in [0.05, 0.1) is 16.5 Å². The summed E-state index contributed by atoms with van der Waals surface area (Å²) in [6.45, 7) is 2.16.